The second-order valence-electron chi connectivity index (χ2n) is 5.06. The zero-order chi connectivity index (χ0) is 15.1. The third kappa shape index (κ3) is 3.72. The first-order valence-corrected chi connectivity index (χ1v) is 7.32. The van der Waals surface area contributed by atoms with Gasteiger partial charge in [0.05, 0.1) is 19.3 Å². The molecule has 4 nitrogen and oxygen atoms in total. The van der Waals surface area contributed by atoms with Crippen molar-refractivity contribution in [2.24, 2.45) is 5.84 Å². The van der Waals surface area contributed by atoms with Crippen LogP contribution in [0.5, 0.6) is 5.75 Å². The number of nitrogens with two attached hydrogens (primary N) is 1. The van der Waals surface area contributed by atoms with Gasteiger partial charge in [0.15, 0.2) is 0 Å². The van der Waals surface area contributed by atoms with E-state index >= 15 is 0 Å². The fraction of sp³-hybridized carbons (Fsp3) is 0.625. The summed E-state index contributed by atoms with van der Waals surface area (Å²) in [7, 11) is 1.70. The highest BCUT2D eigenvalue weighted by atomic mass is 16.5. The molecule has 0 radical (unpaired) electrons. The zero-order valence-electron chi connectivity index (χ0n) is 13.3. The second kappa shape index (κ2) is 8.25. The molecule has 2 atom stereocenters. The van der Waals surface area contributed by atoms with Crippen molar-refractivity contribution in [2.45, 2.75) is 52.7 Å². The van der Waals surface area contributed by atoms with E-state index < -0.39 is 0 Å². The van der Waals surface area contributed by atoms with Gasteiger partial charge in [-0.2, -0.15) is 0 Å². The summed E-state index contributed by atoms with van der Waals surface area (Å²) in [5.74, 6) is 6.69. The number of hydrogen-bond donors (Lipinski definition) is 2. The molecule has 0 aromatic heterocycles. The highest BCUT2D eigenvalue weighted by molar-refractivity contribution is 5.47. The number of benzene rings is 1. The number of methoxy groups -OCH3 is 1. The molecule has 3 N–H and O–H groups in total. The van der Waals surface area contributed by atoms with Gasteiger partial charge < -0.3 is 9.47 Å². The molecule has 0 amide bonds. The molecule has 0 aliphatic heterocycles. The summed E-state index contributed by atoms with van der Waals surface area (Å²) >= 11 is 0. The first-order valence-electron chi connectivity index (χ1n) is 7.32. The van der Waals surface area contributed by atoms with Gasteiger partial charge in [-0.1, -0.05) is 25.5 Å². The largest absolute Gasteiger partial charge is 0.496 e. The first kappa shape index (κ1) is 17.0. The summed E-state index contributed by atoms with van der Waals surface area (Å²) in [6.07, 6.45) is 2.06. The molecule has 0 bridgehead atoms. The Morgan fingerprint density at radius 2 is 1.95 bits per heavy atom. The maximum atomic E-state index is 5.86. The fourth-order valence-electron chi connectivity index (χ4n) is 2.57. The molecular formula is C16H28N2O2. The van der Waals surface area contributed by atoms with Gasteiger partial charge in [0.1, 0.15) is 5.75 Å². The molecule has 0 heterocycles. The van der Waals surface area contributed by atoms with E-state index in [0.29, 0.717) is 6.61 Å². The van der Waals surface area contributed by atoms with Gasteiger partial charge in [0.25, 0.3) is 0 Å². The van der Waals surface area contributed by atoms with E-state index in [1.807, 2.05) is 6.92 Å². The van der Waals surface area contributed by atoms with Crippen LogP contribution in [0, 0.1) is 13.8 Å². The Bertz CT molecular complexity index is 415. The van der Waals surface area contributed by atoms with Crippen molar-refractivity contribution in [3.8, 4) is 5.75 Å². The van der Waals surface area contributed by atoms with E-state index in [1.165, 1.54) is 5.56 Å². The molecule has 0 saturated carbocycles. The van der Waals surface area contributed by atoms with Crippen LogP contribution >= 0.6 is 0 Å². The van der Waals surface area contributed by atoms with E-state index in [2.05, 4.69) is 38.3 Å². The van der Waals surface area contributed by atoms with Crippen LogP contribution in [0.3, 0.4) is 0 Å². The maximum absolute atomic E-state index is 5.86. The van der Waals surface area contributed by atoms with Gasteiger partial charge in [-0.3, -0.25) is 11.3 Å². The monoisotopic (exact) mass is 280 g/mol. The van der Waals surface area contributed by atoms with Crippen LogP contribution in [0.1, 0.15) is 49.4 Å². The number of hydrazine groups is 1. The number of nitrogens with one attached hydrogen (secondary N) is 1. The Morgan fingerprint density at radius 1 is 1.25 bits per heavy atom. The van der Waals surface area contributed by atoms with Crippen LogP contribution in [-0.4, -0.2) is 19.8 Å². The molecule has 0 saturated heterocycles. The number of hydrogen-bond acceptors (Lipinski definition) is 4. The van der Waals surface area contributed by atoms with E-state index in [9.17, 15) is 0 Å². The third-order valence-corrected chi connectivity index (χ3v) is 3.75. The number of ether oxygens (including phenoxy) is 2. The molecule has 2 unspecified atom stereocenters. The van der Waals surface area contributed by atoms with E-state index in [1.54, 1.807) is 7.11 Å². The summed E-state index contributed by atoms with van der Waals surface area (Å²) in [6, 6.07) is 4.11. The topological polar surface area (TPSA) is 56.5 Å². The van der Waals surface area contributed by atoms with Crippen LogP contribution in [0.15, 0.2) is 12.1 Å². The van der Waals surface area contributed by atoms with Crippen LogP contribution < -0.4 is 16.0 Å². The number of aryl methyl sites for hydroxylation is 1. The first-order chi connectivity index (χ1) is 9.60. The molecule has 1 aromatic carbocycles. The molecule has 0 aliphatic carbocycles. The Hall–Kier alpha value is -1.10. The minimum Gasteiger partial charge on any atom is -0.496 e. The lowest BCUT2D eigenvalue weighted by atomic mass is 9.94. The maximum Gasteiger partial charge on any atom is 0.126 e. The predicted molar refractivity (Wildman–Crippen MR) is 82.9 cm³/mol. The van der Waals surface area contributed by atoms with Gasteiger partial charge >= 0.3 is 0 Å². The van der Waals surface area contributed by atoms with Crippen LogP contribution in [0.4, 0.5) is 0 Å². The predicted octanol–water partition coefficient (Wildman–Crippen LogP) is 3.02. The lowest BCUT2D eigenvalue weighted by molar-refractivity contribution is 0.0270. The Morgan fingerprint density at radius 3 is 2.45 bits per heavy atom. The molecule has 4 heteroatoms. The summed E-state index contributed by atoms with van der Waals surface area (Å²) in [4.78, 5) is 0. The Labute approximate surface area is 122 Å². The van der Waals surface area contributed by atoms with Crippen molar-refractivity contribution < 1.29 is 9.47 Å². The number of rotatable bonds is 8. The summed E-state index contributed by atoms with van der Waals surface area (Å²) in [5, 5.41) is 0. The highest BCUT2D eigenvalue weighted by Gasteiger charge is 2.25. The van der Waals surface area contributed by atoms with Crippen LogP contribution in [0.2, 0.25) is 0 Å². The molecule has 20 heavy (non-hydrogen) atoms. The summed E-state index contributed by atoms with van der Waals surface area (Å²) in [6.45, 7) is 8.99. The fourth-order valence-corrected chi connectivity index (χ4v) is 2.57. The Kier molecular flexibility index (Phi) is 6.99. The Balaban J connectivity index is 3.19. The average Bonchev–Trinajstić information content (AvgIpc) is 2.44. The van der Waals surface area contributed by atoms with Crippen molar-refractivity contribution in [1.29, 1.82) is 0 Å². The van der Waals surface area contributed by atoms with Gasteiger partial charge in [-0.05, 0) is 38.3 Å². The third-order valence-electron chi connectivity index (χ3n) is 3.75. The molecular weight excluding hydrogens is 252 g/mol. The van der Waals surface area contributed by atoms with Crippen molar-refractivity contribution in [3.05, 3.63) is 28.8 Å². The SMILES string of the molecule is CCCC(OCC)C(NN)c1ccc(C)c(C)c1OC. The van der Waals surface area contributed by atoms with Gasteiger partial charge in [-0.15, -0.1) is 0 Å². The zero-order valence-corrected chi connectivity index (χ0v) is 13.3. The van der Waals surface area contributed by atoms with Crippen LogP contribution in [0.25, 0.3) is 0 Å². The van der Waals surface area contributed by atoms with E-state index in [-0.39, 0.29) is 12.1 Å². The summed E-state index contributed by atoms with van der Waals surface area (Å²) < 4.78 is 11.5. The molecule has 0 aliphatic rings. The quantitative estimate of drug-likeness (QED) is 0.568. The summed E-state index contributed by atoms with van der Waals surface area (Å²) in [5.41, 5.74) is 6.33. The van der Waals surface area contributed by atoms with Crippen molar-refractivity contribution in [1.82, 2.24) is 5.43 Å². The lowest BCUT2D eigenvalue weighted by Crippen LogP contribution is -2.38. The standard InChI is InChI=1S/C16H28N2O2/c1-6-8-14(20-7-2)15(18-17)13-10-9-11(3)12(4)16(13)19-5/h9-10,14-15,18H,6-8,17H2,1-5H3. The normalized spacial score (nSPS) is 14.1. The lowest BCUT2D eigenvalue weighted by Gasteiger charge is -2.28. The van der Waals surface area contributed by atoms with Gasteiger partial charge in [-0.25, -0.2) is 0 Å². The molecule has 1 rings (SSSR count). The minimum absolute atomic E-state index is 0.0472. The van der Waals surface area contributed by atoms with Crippen LogP contribution in [-0.2, 0) is 4.74 Å². The second-order valence-corrected chi connectivity index (χ2v) is 5.06. The van der Waals surface area contributed by atoms with Gasteiger partial charge in [0.2, 0.25) is 0 Å². The van der Waals surface area contributed by atoms with E-state index in [0.717, 1.165) is 29.7 Å². The molecule has 1 aromatic rings. The minimum atomic E-state index is -0.0656. The average molecular weight is 280 g/mol. The van der Waals surface area contributed by atoms with Crippen molar-refractivity contribution >= 4 is 0 Å². The van der Waals surface area contributed by atoms with Crippen molar-refractivity contribution in [3.63, 3.8) is 0 Å². The molecule has 0 spiro atoms. The van der Waals surface area contributed by atoms with E-state index in [4.69, 9.17) is 15.3 Å². The van der Waals surface area contributed by atoms with Gasteiger partial charge in [0, 0.05) is 12.2 Å². The molecule has 0 fully saturated rings. The highest BCUT2D eigenvalue weighted by Crippen LogP contribution is 2.33. The smallest absolute Gasteiger partial charge is 0.126 e. The molecule has 114 valence electrons. The van der Waals surface area contributed by atoms with Crippen molar-refractivity contribution in [2.75, 3.05) is 13.7 Å².